The fraction of sp³-hybridized carbons (Fsp3) is 0.548. The minimum atomic E-state index is -0.285. The molecular weight excluding hydrogens is 512 g/mol. The monoisotopic (exact) mass is 556 g/mol. The normalized spacial score (nSPS) is 18.3. The molecular formula is C31H45BrN2O2. The first-order valence-corrected chi connectivity index (χ1v) is 13.1. The third-order valence-electron chi connectivity index (χ3n) is 7.33. The van der Waals surface area contributed by atoms with Crippen molar-refractivity contribution in [3.63, 3.8) is 0 Å². The number of halogens is 1. The van der Waals surface area contributed by atoms with E-state index in [0.29, 0.717) is 17.3 Å². The second kappa shape index (κ2) is 11.9. The number of rotatable bonds is 8. The number of unbranched alkanes of at least 4 members (excludes halogenated alkanes) is 1. The summed E-state index contributed by atoms with van der Waals surface area (Å²) >= 11 is 0. The highest BCUT2D eigenvalue weighted by molar-refractivity contribution is 8.93. The molecule has 1 heterocycles. The number of hydrogen-bond donors (Lipinski definition) is 2. The van der Waals surface area contributed by atoms with Crippen molar-refractivity contribution in [1.82, 2.24) is 4.90 Å². The molecule has 2 N–H and O–H groups in total. The van der Waals surface area contributed by atoms with Crippen LogP contribution in [-0.2, 0) is 17.3 Å². The maximum Gasteiger partial charge on any atom is 0.182 e. The first kappa shape index (κ1) is 30.1. The second-order valence-electron chi connectivity index (χ2n) is 12.3. The van der Waals surface area contributed by atoms with E-state index in [1.54, 1.807) is 0 Å². The van der Waals surface area contributed by atoms with Crippen LogP contribution in [-0.4, -0.2) is 34.7 Å². The number of likely N-dealkylation sites (tertiary alicyclic amines) is 1. The number of nitrogens with one attached hydrogen (secondary N) is 1. The Kier molecular flexibility index (Phi) is 9.98. The van der Waals surface area contributed by atoms with E-state index in [9.17, 15) is 9.90 Å². The lowest BCUT2D eigenvalue weighted by Crippen LogP contribution is -2.33. The minimum Gasteiger partial charge on any atom is -0.507 e. The molecule has 4 nitrogen and oxygen atoms in total. The third kappa shape index (κ3) is 7.00. The average Bonchev–Trinajstić information content (AvgIpc) is 3.05. The second-order valence-corrected chi connectivity index (χ2v) is 12.3. The number of carbonyl (C=O) groups is 1. The third-order valence-corrected chi connectivity index (χ3v) is 7.33. The maximum atomic E-state index is 13.6. The van der Waals surface area contributed by atoms with Crippen molar-refractivity contribution >= 4 is 28.6 Å². The predicted molar refractivity (Wildman–Crippen MR) is 156 cm³/mol. The lowest BCUT2D eigenvalue weighted by Gasteiger charge is -2.28. The first-order chi connectivity index (χ1) is 16.3. The first-order valence-electron chi connectivity index (χ1n) is 13.1. The summed E-state index contributed by atoms with van der Waals surface area (Å²) in [5.74, 6) is 1.44. The van der Waals surface area contributed by atoms with Gasteiger partial charge in [0.15, 0.2) is 5.78 Å². The number of phenolic OH excluding ortho intramolecular Hbond substituents is 1. The molecule has 1 aliphatic rings. The zero-order chi connectivity index (χ0) is 26.0. The quantitative estimate of drug-likeness (QED) is 0.327. The average molecular weight is 558 g/mol. The number of hydrogen-bond acceptors (Lipinski definition) is 3. The van der Waals surface area contributed by atoms with Gasteiger partial charge in [-0.15, -0.1) is 17.0 Å². The lowest BCUT2D eigenvalue weighted by atomic mass is 9.78. The zero-order valence-electron chi connectivity index (χ0n) is 23.1. The topological polar surface area (TPSA) is 64.4 Å². The van der Waals surface area contributed by atoms with Crippen molar-refractivity contribution < 1.29 is 9.90 Å². The largest absolute Gasteiger partial charge is 0.507 e. The van der Waals surface area contributed by atoms with Crippen LogP contribution < -0.4 is 0 Å². The van der Waals surface area contributed by atoms with Crippen LogP contribution in [0.4, 0.5) is 0 Å². The molecule has 0 spiro atoms. The molecule has 0 radical (unpaired) electrons. The van der Waals surface area contributed by atoms with Crippen molar-refractivity contribution in [2.75, 3.05) is 13.1 Å². The lowest BCUT2D eigenvalue weighted by molar-refractivity contribution is 0.0963. The van der Waals surface area contributed by atoms with E-state index in [2.05, 4.69) is 72.7 Å². The summed E-state index contributed by atoms with van der Waals surface area (Å²) in [5, 5.41) is 20.0. The van der Waals surface area contributed by atoms with E-state index >= 15 is 0 Å². The molecule has 0 amide bonds. The molecule has 198 valence electrons. The highest BCUT2D eigenvalue weighted by atomic mass is 79.9. The van der Waals surface area contributed by atoms with E-state index in [1.165, 1.54) is 5.56 Å². The van der Waals surface area contributed by atoms with Gasteiger partial charge in [0.2, 0.25) is 0 Å². The van der Waals surface area contributed by atoms with Crippen molar-refractivity contribution in [1.29, 1.82) is 5.41 Å². The van der Waals surface area contributed by atoms with E-state index in [4.69, 9.17) is 5.41 Å². The Morgan fingerprint density at radius 3 is 2.08 bits per heavy atom. The molecule has 1 fully saturated rings. The zero-order valence-corrected chi connectivity index (χ0v) is 24.9. The number of Topliss-reactive ketones (excluding diaryl/α,β-unsaturated/α-hetero) is 1. The van der Waals surface area contributed by atoms with Crippen molar-refractivity contribution in [2.24, 2.45) is 11.8 Å². The summed E-state index contributed by atoms with van der Waals surface area (Å²) < 4.78 is 0. The molecule has 1 saturated heterocycles. The van der Waals surface area contributed by atoms with E-state index in [0.717, 1.165) is 43.4 Å². The van der Waals surface area contributed by atoms with Gasteiger partial charge >= 0.3 is 0 Å². The molecule has 0 unspecified atom stereocenters. The molecule has 2 aromatic rings. The van der Waals surface area contributed by atoms with Crippen LogP contribution in [0.15, 0.2) is 42.5 Å². The number of phenols is 1. The van der Waals surface area contributed by atoms with Crippen LogP contribution >= 0.6 is 17.0 Å². The molecule has 0 aromatic heterocycles. The Bertz CT molecular complexity index is 1020. The number of amidine groups is 1. The van der Waals surface area contributed by atoms with Crippen LogP contribution in [0.3, 0.4) is 0 Å². The molecule has 0 saturated carbocycles. The summed E-state index contributed by atoms with van der Waals surface area (Å²) in [5.41, 5.74) is 2.90. The van der Waals surface area contributed by atoms with Gasteiger partial charge in [-0.25, -0.2) is 0 Å². The van der Waals surface area contributed by atoms with E-state index in [1.807, 2.05) is 23.1 Å². The van der Waals surface area contributed by atoms with Gasteiger partial charge in [-0.1, -0.05) is 91.6 Å². The van der Waals surface area contributed by atoms with Crippen LogP contribution in [0.5, 0.6) is 5.75 Å². The summed E-state index contributed by atoms with van der Waals surface area (Å²) in [6.07, 6.45) is 4.22. The predicted octanol–water partition coefficient (Wildman–Crippen LogP) is 7.71. The molecule has 5 heteroatoms. The maximum absolute atomic E-state index is 13.6. The summed E-state index contributed by atoms with van der Waals surface area (Å²) in [7, 11) is 0. The van der Waals surface area contributed by atoms with Crippen LogP contribution in [0.2, 0.25) is 0 Å². The smallest absolute Gasteiger partial charge is 0.182 e. The minimum absolute atomic E-state index is 0. The molecule has 2 atom stereocenters. The molecule has 36 heavy (non-hydrogen) atoms. The van der Waals surface area contributed by atoms with Crippen LogP contribution in [0.25, 0.3) is 0 Å². The molecule has 2 aromatic carbocycles. The van der Waals surface area contributed by atoms with Gasteiger partial charge in [0.25, 0.3) is 0 Å². The van der Waals surface area contributed by atoms with Crippen LogP contribution in [0.1, 0.15) is 94.8 Å². The number of nitrogens with zero attached hydrogens (tertiary/aromatic N) is 1. The fourth-order valence-corrected chi connectivity index (χ4v) is 5.21. The van der Waals surface area contributed by atoms with Gasteiger partial charge in [-0.2, -0.15) is 0 Å². The Morgan fingerprint density at radius 1 is 1.03 bits per heavy atom. The highest BCUT2D eigenvalue weighted by Gasteiger charge is 2.38. The van der Waals surface area contributed by atoms with Crippen molar-refractivity contribution in [3.05, 3.63) is 64.7 Å². The highest BCUT2D eigenvalue weighted by Crippen LogP contribution is 2.40. The van der Waals surface area contributed by atoms with E-state index < -0.39 is 0 Å². The number of carbonyl (C=O) groups excluding carboxylic acids is 1. The molecule has 3 rings (SSSR count). The molecule has 0 aliphatic carbocycles. The van der Waals surface area contributed by atoms with Gasteiger partial charge in [-0.3, -0.25) is 10.2 Å². The summed E-state index contributed by atoms with van der Waals surface area (Å²) in [4.78, 5) is 15.6. The molecule has 1 aliphatic heterocycles. The summed E-state index contributed by atoms with van der Waals surface area (Å²) in [6.45, 7) is 15.5. The van der Waals surface area contributed by atoms with Crippen molar-refractivity contribution in [3.8, 4) is 5.75 Å². The van der Waals surface area contributed by atoms with Crippen LogP contribution in [0, 0.1) is 17.2 Å². The Hall–Kier alpha value is -2.14. The van der Waals surface area contributed by atoms with Gasteiger partial charge in [0.1, 0.15) is 11.6 Å². The van der Waals surface area contributed by atoms with Crippen molar-refractivity contribution in [2.45, 2.75) is 85.0 Å². The Morgan fingerprint density at radius 2 is 1.58 bits per heavy atom. The molecule has 0 bridgehead atoms. The Labute approximate surface area is 228 Å². The number of aromatic hydroxyl groups is 1. The van der Waals surface area contributed by atoms with E-state index in [-0.39, 0.29) is 51.8 Å². The fourth-order valence-electron chi connectivity index (χ4n) is 5.21. The van der Waals surface area contributed by atoms with Gasteiger partial charge < -0.3 is 10.0 Å². The van der Waals surface area contributed by atoms with Gasteiger partial charge in [0, 0.05) is 29.2 Å². The van der Waals surface area contributed by atoms with Gasteiger partial charge in [-0.05, 0) is 47.3 Å². The number of benzene rings is 2. The number of ketones is 1. The summed E-state index contributed by atoms with van der Waals surface area (Å²) in [6, 6.07) is 14.1. The standard InChI is InChI=1S/C31H44N2O2.BrH/c1-8-9-15-22-19-33(29(32)24(22)16-21-13-11-10-12-14-21)20-27(34)23-17-25(30(2,3)4)28(35)26(18-23)31(5,6)7;/h10-14,17-18,22,24,32,35H,8-9,15-16,19-20H2,1-7H3;1H/t22-,24+;/m0./s1. The van der Waals surface area contributed by atoms with Gasteiger partial charge in [0.05, 0.1) is 6.54 Å². The Balaban J connectivity index is 0.00000456. The SMILES string of the molecule is Br.CCCC[C@H]1CN(CC(=O)c2cc(C(C)(C)C)c(O)c(C(C)(C)C)c2)C(=N)[C@@H]1Cc1ccccc1.